The Balaban J connectivity index is 1.58. The lowest BCUT2D eigenvalue weighted by Crippen LogP contribution is -2.56. The van der Waals surface area contributed by atoms with Crippen molar-refractivity contribution < 1.29 is 9.59 Å². The predicted molar refractivity (Wildman–Crippen MR) is 109 cm³/mol. The lowest BCUT2D eigenvalue weighted by Gasteiger charge is -2.43. The number of amides is 2. The maximum atomic E-state index is 13.0. The summed E-state index contributed by atoms with van der Waals surface area (Å²) in [6, 6.07) is 6.79. The molecule has 2 fully saturated rings. The third kappa shape index (κ3) is 4.18. The molecule has 0 bridgehead atoms. The van der Waals surface area contributed by atoms with Crippen molar-refractivity contribution in [1.29, 1.82) is 0 Å². The van der Waals surface area contributed by atoms with Crippen molar-refractivity contribution in [2.24, 2.45) is 5.92 Å². The second kappa shape index (κ2) is 8.15. The maximum Gasteiger partial charge on any atom is 0.245 e. The van der Waals surface area contributed by atoms with Crippen LogP contribution in [0.5, 0.6) is 0 Å². The van der Waals surface area contributed by atoms with E-state index >= 15 is 0 Å². The minimum Gasteiger partial charge on any atom is -0.368 e. The van der Waals surface area contributed by atoms with Crippen molar-refractivity contribution in [3.63, 3.8) is 0 Å². The van der Waals surface area contributed by atoms with E-state index in [1.807, 2.05) is 4.90 Å². The molecule has 1 aromatic carbocycles. The highest BCUT2D eigenvalue weighted by Crippen LogP contribution is 2.25. The molecule has 2 aliphatic heterocycles. The van der Waals surface area contributed by atoms with Gasteiger partial charge in [0, 0.05) is 50.4 Å². The van der Waals surface area contributed by atoms with Crippen LogP contribution in [-0.4, -0.2) is 60.4 Å². The monoisotopic (exact) mass is 369 g/mol. The van der Waals surface area contributed by atoms with E-state index in [1.54, 1.807) is 4.90 Å². The quantitative estimate of drug-likeness (QED) is 0.770. The van der Waals surface area contributed by atoms with E-state index in [2.05, 4.69) is 50.4 Å². The van der Waals surface area contributed by atoms with Crippen molar-refractivity contribution in [3.8, 4) is 0 Å². The maximum absolute atomic E-state index is 13.0. The van der Waals surface area contributed by atoms with Crippen LogP contribution in [0.1, 0.15) is 30.9 Å². The predicted octanol–water partition coefficient (Wildman–Crippen LogP) is 2.77. The van der Waals surface area contributed by atoms with Gasteiger partial charge in [0.2, 0.25) is 11.8 Å². The molecular formula is C22H31N3O2. The summed E-state index contributed by atoms with van der Waals surface area (Å²) in [4.78, 5) is 31.0. The van der Waals surface area contributed by atoms with Gasteiger partial charge in [-0.3, -0.25) is 9.59 Å². The van der Waals surface area contributed by atoms with Crippen molar-refractivity contribution in [3.05, 3.63) is 42.0 Å². The average Bonchev–Trinajstić information content (AvgIpc) is 2.69. The Hall–Kier alpha value is -2.30. The van der Waals surface area contributed by atoms with Crippen LogP contribution >= 0.6 is 0 Å². The zero-order chi connectivity index (χ0) is 19.6. The molecule has 5 heteroatoms. The lowest BCUT2D eigenvalue weighted by atomic mass is 9.94. The molecule has 1 atom stereocenters. The highest BCUT2D eigenvalue weighted by Gasteiger charge is 2.34. The normalized spacial score (nSPS) is 21.3. The van der Waals surface area contributed by atoms with E-state index < -0.39 is 0 Å². The average molecular weight is 370 g/mol. The molecule has 0 aromatic heterocycles. The van der Waals surface area contributed by atoms with Gasteiger partial charge in [0.1, 0.15) is 0 Å². The summed E-state index contributed by atoms with van der Waals surface area (Å²) in [5, 5.41) is 0. The molecule has 0 saturated carbocycles. The van der Waals surface area contributed by atoms with E-state index in [-0.39, 0.29) is 23.8 Å². The van der Waals surface area contributed by atoms with Crippen LogP contribution < -0.4 is 4.90 Å². The summed E-state index contributed by atoms with van der Waals surface area (Å²) in [7, 11) is 0. The van der Waals surface area contributed by atoms with Gasteiger partial charge in [-0.2, -0.15) is 0 Å². The number of benzene rings is 1. The number of carbonyl (C=O) groups is 2. The Morgan fingerprint density at radius 1 is 1.07 bits per heavy atom. The molecule has 0 radical (unpaired) electrons. The fourth-order valence-electron chi connectivity index (χ4n) is 4.15. The summed E-state index contributed by atoms with van der Waals surface area (Å²) in [6.45, 7) is 13.8. The Kier molecular flexibility index (Phi) is 5.88. The standard InChI is InChI=1S/C22H31N3O2/c1-5-21(26)23-10-8-19(9-11-23)22(27)25-13-12-24(15-18(25)4)20-7-6-16(2)17(3)14-20/h5-7,14,18-19H,1,8-13,15H2,2-4H3. The third-order valence-corrected chi connectivity index (χ3v) is 6.10. The zero-order valence-corrected chi connectivity index (χ0v) is 16.8. The van der Waals surface area contributed by atoms with Crippen LogP contribution in [-0.2, 0) is 9.59 Å². The topological polar surface area (TPSA) is 43.9 Å². The van der Waals surface area contributed by atoms with Crippen molar-refractivity contribution in [2.75, 3.05) is 37.6 Å². The summed E-state index contributed by atoms with van der Waals surface area (Å²) in [5.41, 5.74) is 3.86. The summed E-state index contributed by atoms with van der Waals surface area (Å²) >= 11 is 0. The van der Waals surface area contributed by atoms with E-state index in [4.69, 9.17) is 0 Å². The number of anilines is 1. The van der Waals surface area contributed by atoms with E-state index in [0.29, 0.717) is 13.1 Å². The first-order valence-corrected chi connectivity index (χ1v) is 9.94. The number of nitrogens with zero attached hydrogens (tertiary/aromatic N) is 3. The number of piperidine rings is 1. The van der Waals surface area contributed by atoms with E-state index in [1.165, 1.54) is 22.9 Å². The third-order valence-electron chi connectivity index (χ3n) is 6.10. The number of hydrogen-bond acceptors (Lipinski definition) is 3. The molecule has 146 valence electrons. The van der Waals surface area contributed by atoms with E-state index in [0.717, 1.165) is 32.5 Å². The number of likely N-dealkylation sites (tertiary alicyclic amines) is 1. The van der Waals surface area contributed by atoms with Crippen LogP contribution in [0, 0.1) is 19.8 Å². The van der Waals surface area contributed by atoms with Crippen LogP contribution in [0.4, 0.5) is 5.69 Å². The van der Waals surface area contributed by atoms with Gasteiger partial charge in [0.05, 0.1) is 0 Å². The van der Waals surface area contributed by atoms with Crippen LogP contribution in [0.3, 0.4) is 0 Å². The van der Waals surface area contributed by atoms with Gasteiger partial charge in [-0.15, -0.1) is 0 Å². The Morgan fingerprint density at radius 2 is 1.78 bits per heavy atom. The van der Waals surface area contributed by atoms with Crippen LogP contribution in [0.2, 0.25) is 0 Å². The lowest BCUT2D eigenvalue weighted by molar-refractivity contribution is -0.141. The molecule has 0 spiro atoms. The van der Waals surface area contributed by atoms with Gasteiger partial charge in [0.25, 0.3) is 0 Å². The molecule has 5 nitrogen and oxygen atoms in total. The Morgan fingerprint density at radius 3 is 2.37 bits per heavy atom. The molecular weight excluding hydrogens is 338 g/mol. The second-order valence-electron chi connectivity index (χ2n) is 7.90. The number of rotatable bonds is 3. The number of hydrogen-bond donors (Lipinski definition) is 0. The minimum absolute atomic E-state index is 0.0312. The number of carbonyl (C=O) groups excluding carboxylic acids is 2. The second-order valence-corrected chi connectivity index (χ2v) is 7.90. The molecule has 2 aliphatic rings. The van der Waals surface area contributed by atoms with Gasteiger partial charge in [-0.1, -0.05) is 12.6 Å². The van der Waals surface area contributed by atoms with Crippen molar-refractivity contribution >= 4 is 17.5 Å². The van der Waals surface area contributed by atoms with Gasteiger partial charge < -0.3 is 14.7 Å². The molecule has 3 rings (SSSR count). The molecule has 1 unspecified atom stereocenters. The van der Waals surface area contributed by atoms with Gasteiger partial charge in [-0.25, -0.2) is 0 Å². The summed E-state index contributed by atoms with van der Waals surface area (Å²) in [6.07, 6.45) is 2.86. The number of aryl methyl sites for hydroxylation is 2. The Bertz CT molecular complexity index is 722. The van der Waals surface area contributed by atoms with Crippen molar-refractivity contribution in [2.45, 2.75) is 39.7 Å². The molecule has 0 N–H and O–H groups in total. The molecule has 0 aliphatic carbocycles. The van der Waals surface area contributed by atoms with Crippen molar-refractivity contribution in [1.82, 2.24) is 9.80 Å². The first-order chi connectivity index (χ1) is 12.9. The molecule has 27 heavy (non-hydrogen) atoms. The summed E-state index contributed by atoms with van der Waals surface area (Å²) in [5.74, 6) is 0.263. The van der Waals surface area contributed by atoms with Gasteiger partial charge >= 0.3 is 0 Å². The van der Waals surface area contributed by atoms with Gasteiger partial charge in [0.15, 0.2) is 0 Å². The van der Waals surface area contributed by atoms with Gasteiger partial charge in [-0.05, 0) is 62.9 Å². The Labute approximate surface area is 162 Å². The largest absolute Gasteiger partial charge is 0.368 e. The van der Waals surface area contributed by atoms with E-state index in [9.17, 15) is 9.59 Å². The molecule has 2 amide bonds. The molecule has 1 aromatic rings. The highest BCUT2D eigenvalue weighted by atomic mass is 16.2. The summed E-state index contributed by atoms with van der Waals surface area (Å²) < 4.78 is 0. The number of piperazine rings is 1. The fraction of sp³-hybridized carbons (Fsp3) is 0.545. The SMILES string of the molecule is C=CC(=O)N1CCC(C(=O)N2CCN(c3ccc(C)c(C)c3)CC2C)CC1. The molecule has 2 heterocycles. The van der Waals surface area contributed by atoms with Crippen LogP contribution in [0.25, 0.3) is 0 Å². The molecule has 2 saturated heterocycles. The first-order valence-electron chi connectivity index (χ1n) is 9.94. The smallest absolute Gasteiger partial charge is 0.245 e. The van der Waals surface area contributed by atoms with Crippen LogP contribution in [0.15, 0.2) is 30.9 Å². The first kappa shape index (κ1) is 19.5. The minimum atomic E-state index is -0.0312. The fourth-order valence-corrected chi connectivity index (χ4v) is 4.15. The highest BCUT2D eigenvalue weighted by molar-refractivity contribution is 5.87. The zero-order valence-electron chi connectivity index (χ0n) is 16.8.